The highest BCUT2D eigenvalue weighted by molar-refractivity contribution is 9.10. The molecule has 0 spiro atoms. The Labute approximate surface area is 183 Å². The first-order valence-corrected chi connectivity index (χ1v) is 10.0. The molecular formula is C20H13BrCl2F2N4. The first-order chi connectivity index (χ1) is 13.9. The van der Waals surface area contributed by atoms with Crippen molar-refractivity contribution in [2.75, 3.05) is 10.6 Å². The lowest BCUT2D eigenvalue weighted by molar-refractivity contribution is 0.614. The van der Waals surface area contributed by atoms with Gasteiger partial charge in [-0.25, -0.2) is 13.8 Å². The number of halogens is 5. The Kier molecular flexibility index (Phi) is 5.63. The fourth-order valence-corrected chi connectivity index (χ4v) is 3.55. The van der Waals surface area contributed by atoms with Crippen molar-refractivity contribution in [3.63, 3.8) is 0 Å². The molecule has 0 bridgehead atoms. The lowest BCUT2D eigenvalue weighted by atomic mass is 10.2. The van der Waals surface area contributed by atoms with E-state index in [2.05, 4.69) is 36.5 Å². The summed E-state index contributed by atoms with van der Waals surface area (Å²) in [5, 5.41) is 6.91. The molecule has 4 nitrogen and oxygen atoms in total. The molecule has 3 aromatic carbocycles. The zero-order valence-corrected chi connectivity index (χ0v) is 17.8. The van der Waals surface area contributed by atoms with Gasteiger partial charge in [-0.15, -0.1) is 0 Å². The van der Waals surface area contributed by atoms with Crippen LogP contribution in [-0.4, -0.2) is 9.97 Å². The molecule has 0 aliphatic carbocycles. The van der Waals surface area contributed by atoms with Crippen molar-refractivity contribution in [2.45, 2.75) is 6.54 Å². The number of imidazole rings is 1. The highest BCUT2D eigenvalue weighted by Gasteiger charge is 2.12. The maximum absolute atomic E-state index is 14.5. The van der Waals surface area contributed by atoms with Crippen LogP contribution in [0.5, 0.6) is 0 Å². The Morgan fingerprint density at radius 2 is 1.76 bits per heavy atom. The molecule has 29 heavy (non-hydrogen) atoms. The van der Waals surface area contributed by atoms with Gasteiger partial charge in [0.05, 0.1) is 31.2 Å². The molecule has 0 radical (unpaired) electrons. The molecule has 0 aliphatic heterocycles. The lowest BCUT2D eigenvalue weighted by Gasteiger charge is -2.08. The standard InChI is InChI=1S/C20H13BrCl2F2N4/c21-12-5-4-11(7-16(12)25)26-9-10-6-17-18(8-15(10)24)28-20(27-17)29-19-13(22)2-1-3-14(19)23/h1-8,26H,9H2,(H2,27,28,29). The van der Waals surface area contributed by atoms with Gasteiger partial charge < -0.3 is 15.6 Å². The van der Waals surface area contributed by atoms with E-state index in [1.807, 2.05) is 0 Å². The monoisotopic (exact) mass is 496 g/mol. The van der Waals surface area contributed by atoms with E-state index in [1.54, 1.807) is 36.4 Å². The van der Waals surface area contributed by atoms with Gasteiger partial charge in [-0.3, -0.25) is 0 Å². The highest BCUT2D eigenvalue weighted by atomic mass is 79.9. The number of hydrogen-bond acceptors (Lipinski definition) is 3. The Morgan fingerprint density at radius 1 is 1.00 bits per heavy atom. The third-order valence-corrected chi connectivity index (χ3v) is 5.53. The van der Waals surface area contributed by atoms with Gasteiger partial charge in [0, 0.05) is 23.9 Å². The second-order valence-corrected chi connectivity index (χ2v) is 7.92. The van der Waals surface area contributed by atoms with Crippen molar-refractivity contribution in [2.24, 2.45) is 0 Å². The minimum absolute atomic E-state index is 0.182. The molecule has 9 heteroatoms. The average molecular weight is 498 g/mol. The Balaban J connectivity index is 1.57. The van der Waals surface area contributed by atoms with Gasteiger partial charge in [0.15, 0.2) is 0 Å². The second kappa shape index (κ2) is 8.18. The number of para-hydroxylation sites is 1. The molecule has 0 atom stereocenters. The predicted octanol–water partition coefficient (Wildman–Crippen LogP) is 7.27. The smallest absolute Gasteiger partial charge is 0.205 e. The number of fused-ring (bicyclic) bond motifs is 1. The van der Waals surface area contributed by atoms with Crippen LogP contribution in [0.3, 0.4) is 0 Å². The summed E-state index contributed by atoms with van der Waals surface area (Å²) < 4.78 is 28.5. The summed E-state index contributed by atoms with van der Waals surface area (Å²) in [6.45, 7) is 0.182. The second-order valence-electron chi connectivity index (χ2n) is 6.25. The molecular weight excluding hydrogens is 485 g/mol. The van der Waals surface area contributed by atoms with Crippen LogP contribution in [0, 0.1) is 11.6 Å². The Morgan fingerprint density at radius 3 is 2.48 bits per heavy atom. The van der Waals surface area contributed by atoms with Gasteiger partial charge >= 0.3 is 0 Å². The van der Waals surface area contributed by atoms with Crippen LogP contribution in [0.1, 0.15) is 5.56 Å². The van der Waals surface area contributed by atoms with Gasteiger partial charge in [-0.2, -0.15) is 0 Å². The van der Waals surface area contributed by atoms with Gasteiger partial charge in [0.2, 0.25) is 5.95 Å². The minimum atomic E-state index is -0.420. The van der Waals surface area contributed by atoms with Gasteiger partial charge in [-0.1, -0.05) is 29.3 Å². The maximum atomic E-state index is 14.5. The van der Waals surface area contributed by atoms with Crippen LogP contribution >= 0.6 is 39.1 Å². The third-order valence-electron chi connectivity index (χ3n) is 4.26. The van der Waals surface area contributed by atoms with Crippen molar-refractivity contribution < 1.29 is 8.78 Å². The number of anilines is 3. The van der Waals surface area contributed by atoms with E-state index in [9.17, 15) is 8.78 Å². The first-order valence-electron chi connectivity index (χ1n) is 8.49. The quantitative estimate of drug-likeness (QED) is 0.272. The number of hydrogen-bond donors (Lipinski definition) is 3. The van der Waals surface area contributed by atoms with Gasteiger partial charge in [-0.05, 0) is 52.3 Å². The minimum Gasteiger partial charge on any atom is -0.381 e. The predicted molar refractivity (Wildman–Crippen MR) is 117 cm³/mol. The van der Waals surface area contributed by atoms with Crippen molar-refractivity contribution >= 4 is 67.5 Å². The summed E-state index contributed by atoms with van der Waals surface area (Å²) in [4.78, 5) is 7.41. The highest BCUT2D eigenvalue weighted by Crippen LogP contribution is 2.32. The van der Waals surface area contributed by atoms with Crippen LogP contribution in [0.15, 0.2) is 53.0 Å². The van der Waals surface area contributed by atoms with E-state index in [0.29, 0.717) is 48.4 Å². The molecule has 4 rings (SSSR count). The summed E-state index contributed by atoms with van der Waals surface area (Å²) in [6.07, 6.45) is 0. The first kappa shape index (κ1) is 19.9. The zero-order chi connectivity index (χ0) is 20.5. The molecule has 0 amide bonds. The molecule has 0 saturated carbocycles. The number of nitrogens with zero attached hydrogens (tertiary/aromatic N) is 1. The molecule has 4 aromatic rings. The van der Waals surface area contributed by atoms with Gasteiger partial charge in [0.1, 0.15) is 11.6 Å². The van der Waals surface area contributed by atoms with Crippen LogP contribution < -0.4 is 10.6 Å². The summed E-state index contributed by atoms with van der Waals surface area (Å²) in [5.74, 6) is -0.431. The van der Waals surface area contributed by atoms with E-state index in [0.717, 1.165) is 0 Å². The third kappa shape index (κ3) is 4.32. The fraction of sp³-hybridized carbons (Fsp3) is 0.0500. The molecule has 1 heterocycles. The number of benzene rings is 3. The molecule has 0 fully saturated rings. The number of aromatic nitrogens is 2. The van der Waals surface area contributed by atoms with Gasteiger partial charge in [0.25, 0.3) is 0 Å². The van der Waals surface area contributed by atoms with Crippen LogP contribution in [-0.2, 0) is 6.54 Å². The van der Waals surface area contributed by atoms with Crippen LogP contribution in [0.2, 0.25) is 10.0 Å². The summed E-state index contributed by atoms with van der Waals surface area (Å²) >= 11 is 15.4. The van der Waals surface area contributed by atoms with Crippen molar-refractivity contribution in [3.05, 3.63) is 80.2 Å². The number of rotatable bonds is 5. The summed E-state index contributed by atoms with van der Waals surface area (Å²) in [6, 6.07) is 12.8. The SMILES string of the molecule is Fc1cc(NCc2cc3[nH]c(Nc4c(Cl)cccc4Cl)nc3cc2F)ccc1Br. The van der Waals surface area contributed by atoms with Crippen LogP contribution in [0.4, 0.5) is 26.1 Å². The fourth-order valence-electron chi connectivity index (χ4n) is 2.81. The molecule has 0 unspecified atom stereocenters. The maximum Gasteiger partial charge on any atom is 0.205 e. The molecule has 0 saturated heterocycles. The summed E-state index contributed by atoms with van der Waals surface area (Å²) in [7, 11) is 0. The Hall–Kier alpha value is -2.35. The van der Waals surface area contributed by atoms with Crippen molar-refractivity contribution in [1.29, 1.82) is 0 Å². The molecule has 148 valence electrons. The number of aromatic amines is 1. The van der Waals surface area contributed by atoms with E-state index >= 15 is 0 Å². The normalized spacial score (nSPS) is 11.1. The topological polar surface area (TPSA) is 52.7 Å². The number of H-pyrrole nitrogens is 1. The van der Waals surface area contributed by atoms with Crippen molar-refractivity contribution in [1.82, 2.24) is 9.97 Å². The van der Waals surface area contributed by atoms with Crippen molar-refractivity contribution in [3.8, 4) is 0 Å². The molecule has 0 aliphatic rings. The number of nitrogens with one attached hydrogen (secondary N) is 3. The lowest BCUT2D eigenvalue weighted by Crippen LogP contribution is -2.02. The van der Waals surface area contributed by atoms with E-state index in [4.69, 9.17) is 23.2 Å². The van der Waals surface area contributed by atoms with E-state index in [1.165, 1.54) is 12.1 Å². The summed E-state index contributed by atoms with van der Waals surface area (Å²) in [5.41, 5.74) is 2.55. The largest absolute Gasteiger partial charge is 0.381 e. The molecule has 1 aromatic heterocycles. The van der Waals surface area contributed by atoms with E-state index in [-0.39, 0.29) is 6.54 Å². The average Bonchev–Trinajstić information content (AvgIpc) is 3.07. The Bertz CT molecular complexity index is 1190. The van der Waals surface area contributed by atoms with Crippen LogP contribution in [0.25, 0.3) is 11.0 Å². The van der Waals surface area contributed by atoms with E-state index < -0.39 is 11.6 Å². The zero-order valence-electron chi connectivity index (χ0n) is 14.7. The molecule has 3 N–H and O–H groups in total.